The fourth-order valence-corrected chi connectivity index (χ4v) is 2.50. The number of hydrogen-bond donors (Lipinski definition) is 3. The van der Waals surface area contributed by atoms with Crippen LogP contribution in [-0.4, -0.2) is 37.8 Å². The second kappa shape index (κ2) is 6.14. The lowest BCUT2D eigenvalue weighted by molar-refractivity contribution is 0.0697. The van der Waals surface area contributed by atoms with Crippen LogP contribution < -0.4 is 4.72 Å². The van der Waals surface area contributed by atoms with E-state index in [9.17, 15) is 13.2 Å². The van der Waals surface area contributed by atoms with Crippen LogP contribution in [0.4, 0.5) is 0 Å². The molecule has 6 nitrogen and oxygen atoms in total. The first-order chi connectivity index (χ1) is 8.38. The molecule has 0 spiro atoms. The molecule has 0 radical (unpaired) electrons. The van der Waals surface area contributed by atoms with Gasteiger partial charge < -0.3 is 10.2 Å². The first-order valence-corrected chi connectivity index (χ1v) is 6.88. The van der Waals surface area contributed by atoms with Crippen LogP contribution in [0.3, 0.4) is 0 Å². The number of halogens is 1. The molecular formula is C10H12ClNO5S. The highest BCUT2D eigenvalue weighted by atomic mass is 35.5. The van der Waals surface area contributed by atoms with Crippen molar-refractivity contribution in [3.63, 3.8) is 0 Å². The largest absolute Gasteiger partial charge is 0.478 e. The maximum atomic E-state index is 11.8. The second-order valence-electron chi connectivity index (χ2n) is 3.42. The average molecular weight is 294 g/mol. The van der Waals surface area contributed by atoms with Crippen molar-refractivity contribution in [2.45, 2.75) is 11.3 Å². The number of aliphatic hydroxyl groups excluding tert-OH is 1. The Kier molecular flexibility index (Phi) is 5.09. The number of carboxylic acid groups (broad SMARTS) is 1. The van der Waals surface area contributed by atoms with Gasteiger partial charge in [0.15, 0.2) is 0 Å². The molecule has 0 fully saturated rings. The number of aromatic carboxylic acids is 1. The minimum Gasteiger partial charge on any atom is -0.478 e. The van der Waals surface area contributed by atoms with E-state index < -0.39 is 16.0 Å². The molecule has 0 aliphatic heterocycles. The van der Waals surface area contributed by atoms with Crippen LogP contribution >= 0.6 is 11.6 Å². The quantitative estimate of drug-likeness (QED) is 0.670. The summed E-state index contributed by atoms with van der Waals surface area (Å²) in [4.78, 5) is 10.7. The molecule has 1 aromatic carbocycles. The van der Waals surface area contributed by atoms with Gasteiger partial charge in [-0.25, -0.2) is 17.9 Å². The number of carboxylic acids is 1. The summed E-state index contributed by atoms with van der Waals surface area (Å²) in [5.74, 6) is -1.30. The van der Waals surface area contributed by atoms with E-state index in [2.05, 4.69) is 4.72 Å². The van der Waals surface area contributed by atoms with E-state index in [4.69, 9.17) is 21.8 Å². The molecular weight excluding hydrogens is 282 g/mol. The second-order valence-corrected chi connectivity index (χ2v) is 5.60. The molecule has 100 valence electrons. The van der Waals surface area contributed by atoms with Crippen LogP contribution in [0.2, 0.25) is 5.02 Å². The Hall–Kier alpha value is -1.15. The summed E-state index contributed by atoms with van der Waals surface area (Å²) in [6.07, 6.45) is 0.276. The Balaban J connectivity index is 3.02. The third-order valence-electron chi connectivity index (χ3n) is 2.11. The molecule has 1 aromatic rings. The Morgan fingerprint density at radius 2 is 2.06 bits per heavy atom. The van der Waals surface area contributed by atoms with Gasteiger partial charge in [0.05, 0.1) is 15.5 Å². The normalized spacial score (nSPS) is 11.4. The molecule has 0 saturated carbocycles. The molecule has 0 heterocycles. The van der Waals surface area contributed by atoms with Gasteiger partial charge in [0.2, 0.25) is 10.0 Å². The van der Waals surface area contributed by atoms with Gasteiger partial charge in [0, 0.05) is 13.2 Å². The van der Waals surface area contributed by atoms with Crippen molar-refractivity contribution in [3.05, 3.63) is 28.8 Å². The van der Waals surface area contributed by atoms with Gasteiger partial charge in [-0.2, -0.15) is 0 Å². The maximum absolute atomic E-state index is 11.8. The van der Waals surface area contributed by atoms with Gasteiger partial charge in [-0.15, -0.1) is 0 Å². The van der Waals surface area contributed by atoms with Crippen LogP contribution in [-0.2, 0) is 10.0 Å². The number of benzene rings is 1. The molecule has 18 heavy (non-hydrogen) atoms. The minimum absolute atomic E-state index is 0.0307. The Bertz CT molecular complexity index is 543. The molecule has 0 aliphatic rings. The maximum Gasteiger partial charge on any atom is 0.337 e. The molecule has 0 atom stereocenters. The van der Waals surface area contributed by atoms with Gasteiger partial charge >= 0.3 is 5.97 Å². The SMILES string of the molecule is O=C(O)c1cc(S(=O)(=O)NCCCO)ccc1Cl. The highest BCUT2D eigenvalue weighted by Gasteiger charge is 2.17. The molecule has 8 heteroatoms. The smallest absolute Gasteiger partial charge is 0.337 e. The van der Waals surface area contributed by atoms with E-state index in [1.54, 1.807) is 0 Å². The van der Waals surface area contributed by atoms with Gasteiger partial charge in [-0.1, -0.05) is 11.6 Å². The summed E-state index contributed by atoms with van der Waals surface area (Å²) in [5, 5.41) is 17.4. The molecule has 0 unspecified atom stereocenters. The van der Waals surface area contributed by atoms with Gasteiger partial charge in [0.1, 0.15) is 0 Å². The predicted octanol–water partition coefficient (Wildman–Crippen LogP) is 0.699. The van der Waals surface area contributed by atoms with E-state index in [-0.39, 0.29) is 35.1 Å². The minimum atomic E-state index is -3.79. The van der Waals surface area contributed by atoms with Crippen molar-refractivity contribution in [1.82, 2.24) is 4.72 Å². The molecule has 1 rings (SSSR count). The molecule has 0 saturated heterocycles. The molecule has 0 aromatic heterocycles. The number of aliphatic hydroxyl groups is 1. The zero-order chi connectivity index (χ0) is 13.8. The van der Waals surface area contributed by atoms with Crippen LogP contribution in [0.15, 0.2) is 23.1 Å². The summed E-state index contributed by atoms with van der Waals surface area (Å²) in [7, 11) is -3.79. The molecule has 0 bridgehead atoms. The van der Waals surface area contributed by atoms with Crippen LogP contribution in [0.25, 0.3) is 0 Å². The number of sulfonamides is 1. The lowest BCUT2D eigenvalue weighted by atomic mass is 10.2. The molecule has 3 N–H and O–H groups in total. The number of rotatable bonds is 6. The Morgan fingerprint density at radius 3 is 2.61 bits per heavy atom. The first-order valence-electron chi connectivity index (χ1n) is 5.02. The topological polar surface area (TPSA) is 104 Å². The highest BCUT2D eigenvalue weighted by molar-refractivity contribution is 7.89. The van der Waals surface area contributed by atoms with Crippen LogP contribution in [0, 0.1) is 0 Å². The van der Waals surface area contributed by atoms with E-state index in [0.717, 1.165) is 6.07 Å². The summed E-state index contributed by atoms with van der Waals surface area (Å²) in [6.45, 7) is -0.0621. The zero-order valence-electron chi connectivity index (χ0n) is 9.26. The number of hydrogen-bond acceptors (Lipinski definition) is 4. The monoisotopic (exact) mass is 293 g/mol. The molecule has 0 aliphatic carbocycles. The standard InChI is InChI=1S/C10H12ClNO5S/c11-9-3-2-7(6-8(9)10(14)15)18(16,17)12-4-1-5-13/h2-3,6,12-13H,1,4-5H2,(H,14,15). The van der Waals surface area contributed by atoms with Crippen molar-refractivity contribution in [2.75, 3.05) is 13.2 Å². The van der Waals surface area contributed by atoms with Crippen molar-refractivity contribution < 1.29 is 23.4 Å². The zero-order valence-corrected chi connectivity index (χ0v) is 10.8. The lowest BCUT2D eigenvalue weighted by Gasteiger charge is -2.07. The summed E-state index contributed by atoms with van der Waals surface area (Å²) < 4.78 is 25.8. The fourth-order valence-electron chi connectivity index (χ4n) is 1.20. The van der Waals surface area contributed by atoms with Crippen LogP contribution in [0.5, 0.6) is 0 Å². The van der Waals surface area contributed by atoms with Crippen LogP contribution in [0.1, 0.15) is 16.8 Å². The Labute approximate surface area is 109 Å². The lowest BCUT2D eigenvalue weighted by Crippen LogP contribution is -2.25. The van der Waals surface area contributed by atoms with E-state index >= 15 is 0 Å². The highest BCUT2D eigenvalue weighted by Crippen LogP contribution is 2.20. The third-order valence-corrected chi connectivity index (χ3v) is 3.89. The van der Waals surface area contributed by atoms with E-state index in [1.165, 1.54) is 12.1 Å². The van der Waals surface area contributed by atoms with Gasteiger partial charge in [-0.05, 0) is 24.6 Å². The number of carbonyl (C=O) groups is 1. The summed E-state index contributed by atoms with van der Waals surface area (Å²) >= 11 is 5.64. The predicted molar refractivity (Wildman–Crippen MR) is 65.3 cm³/mol. The number of nitrogens with one attached hydrogen (secondary N) is 1. The van der Waals surface area contributed by atoms with Crippen molar-refractivity contribution in [1.29, 1.82) is 0 Å². The molecule has 0 amide bonds. The summed E-state index contributed by atoms with van der Waals surface area (Å²) in [6, 6.07) is 3.42. The van der Waals surface area contributed by atoms with Crippen molar-refractivity contribution in [2.24, 2.45) is 0 Å². The van der Waals surface area contributed by atoms with Gasteiger partial charge in [-0.3, -0.25) is 0 Å². The summed E-state index contributed by atoms with van der Waals surface area (Å²) in [5.41, 5.74) is -0.276. The van der Waals surface area contributed by atoms with E-state index in [1.807, 2.05) is 0 Å². The third kappa shape index (κ3) is 3.67. The fraction of sp³-hybridized carbons (Fsp3) is 0.300. The first kappa shape index (κ1) is 14.9. The van der Waals surface area contributed by atoms with Crippen molar-refractivity contribution >= 4 is 27.6 Å². The van der Waals surface area contributed by atoms with Crippen molar-refractivity contribution in [3.8, 4) is 0 Å². The van der Waals surface area contributed by atoms with Gasteiger partial charge in [0.25, 0.3) is 0 Å². The van der Waals surface area contributed by atoms with E-state index in [0.29, 0.717) is 0 Å². The average Bonchev–Trinajstić information content (AvgIpc) is 2.29. The Morgan fingerprint density at radius 1 is 1.39 bits per heavy atom.